The first-order valence-corrected chi connectivity index (χ1v) is 10.4. The van der Waals surface area contributed by atoms with Crippen molar-refractivity contribution < 1.29 is 18.3 Å². The quantitative estimate of drug-likeness (QED) is 0.444. The molecule has 2 aliphatic rings. The highest BCUT2D eigenvalue weighted by Crippen LogP contribution is 2.44. The number of rotatable bonds is 2. The van der Waals surface area contributed by atoms with E-state index < -0.39 is 40.2 Å². The van der Waals surface area contributed by atoms with Crippen molar-refractivity contribution in [2.75, 3.05) is 13.1 Å². The summed E-state index contributed by atoms with van der Waals surface area (Å²) < 4.78 is 26.0. The van der Waals surface area contributed by atoms with Gasteiger partial charge < -0.3 is 0 Å². The second-order valence-corrected chi connectivity index (χ2v) is 8.93. The van der Waals surface area contributed by atoms with Gasteiger partial charge in [0.05, 0.1) is 32.3 Å². The standard InChI is InChI=1S/C6H6Cl6.C4H9FNO3P.H3P/c7-1-2(8)4(10)6(12)5(11)3(1)9;5-10(7,8)9-6-3-1-2-4-6;/h1-6H;1-4H2,(H,7,8);1H3. The minimum atomic E-state index is -4.79. The van der Waals surface area contributed by atoms with Crippen LogP contribution >= 0.6 is 87.4 Å². The van der Waals surface area contributed by atoms with Crippen molar-refractivity contribution in [1.29, 1.82) is 0 Å². The summed E-state index contributed by atoms with van der Waals surface area (Å²) in [5.41, 5.74) is 0. The predicted molar refractivity (Wildman–Crippen MR) is 102 cm³/mol. The Morgan fingerprint density at radius 3 is 1.35 bits per heavy atom. The summed E-state index contributed by atoms with van der Waals surface area (Å²) in [6.45, 7) is 1.07. The van der Waals surface area contributed by atoms with Crippen molar-refractivity contribution in [1.82, 2.24) is 5.06 Å². The number of alkyl halides is 6. The molecular weight excluding hydrogens is 476 g/mol. The van der Waals surface area contributed by atoms with E-state index in [1.54, 1.807) is 0 Å². The molecule has 0 bridgehead atoms. The number of hydrogen-bond donors (Lipinski definition) is 1. The normalized spacial score (nSPS) is 40.5. The summed E-state index contributed by atoms with van der Waals surface area (Å²) in [5.74, 6) is 0. The van der Waals surface area contributed by atoms with Gasteiger partial charge in [0.15, 0.2) is 0 Å². The highest BCUT2D eigenvalue weighted by Gasteiger charge is 2.46. The molecule has 0 aromatic carbocycles. The van der Waals surface area contributed by atoms with E-state index in [1.807, 2.05) is 0 Å². The molecule has 1 saturated carbocycles. The summed E-state index contributed by atoms with van der Waals surface area (Å²) in [7, 11) is -4.79. The number of halogens is 7. The van der Waals surface area contributed by atoms with Crippen molar-refractivity contribution in [2.45, 2.75) is 45.1 Å². The average Bonchev–Trinajstić information content (AvgIpc) is 2.92. The zero-order valence-corrected chi connectivity index (χ0v) is 18.6. The molecule has 1 saturated heterocycles. The van der Waals surface area contributed by atoms with E-state index in [0.29, 0.717) is 13.1 Å². The third-order valence-electron chi connectivity index (χ3n) is 3.11. The Labute approximate surface area is 168 Å². The lowest BCUT2D eigenvalue weighted by Gasteiger charge is -2.37. The molecule has 23 heavy (non-hydrogen) atoms. The van der Waals surface area contributed by atoms with E-state index in [-0.39, 0.29) is 9.90 Å². The highest BCUT2D eigenvalue weighted by molar-refractivity contribution is 7.46. The molecule has 1 N–H and O–H groups in total. The SMILES string of the molecule is ClC1C(Cl)C(Cl)C(Cl)C(Cl)C1Cl.O=P(O)(F)ON1CCCC1.P. The number of nitrogens with zero attached hydrogens (tertiary/aromatic N) is 1. The van der Waals surface area contributed by atoms with Gasteiger partial charge in [0, 0.05) is 13.1 Å². The lowest BCUT2D eigenvalue weighted by atomic mass is 9.97. The number of hydroxylamine groups is 2. The zero-order valence-electron chi connectivity index (χ0n) is 11.8. The van der Waals surface area contributed by atoms with Gasteiger partial charge in [-0.25, -0.2) is 4.57 Å². The van der Waals surface area contributed by atoms with Crippen LogP contribution in [0.25, 0.3) is 0 Å². The van der Waals surface area contributed by atoms with Gasteiger partial charge in [-0.2, -0.15) is 19.6 Å². The first-order valence-electron chi connectivity index (χ1n) is 6.36. The summed E-state index contributed by atoms with van der Waals surface area (Å²) in [5, 5.41) is -1.44. The smallest absolute Gasteiger partial charge is 0.298 e. The minimum Gasteiger partial charge on any atom is -0.298 e. The van der Waals surface area contributed by atoms with Gasteiger partial charge in [-0.3, -0.25) is 4.89 Å². The summed E-state index contributed by atoms with van der Waals surface area (Å²) in [4.78, 5) is 8.10. The van der Waals surface area contributed by atoms with Crippen LogP contribution in [0, 0.1) is 0 Å². The molecule has 2 fully saturated rings. The van der Waals surface area contributed by atoms with Crippen LogP contribution in [-0.4, -0.2) is 55.3 Å². The Hall–Kier alpha value is 2.21. The highest BCUT2D eigenvalue weighted by atomic mass is 35.5. The van der Waals surface area contributed by atoms with Crippen LogP contribution < -0.4 is 0 Å². The minimum absolute atomic E-state index is 0. The summed E-state index contributed by atoms with van der Waals surface area (Å²) >= 11 is 35.3. The van der Waals surface area contributed by atoms with Crippen LogP contribution in [0.5, 0.6) is 0 Å². The van der Waals surface area contributed by atoms with Crippen molar-refractivity contribution in [3.05, 3.63) is 0 Å². The Morgan fingerprint density at radius 2 is 1.13 bits per heavy atom. The fourth-order valence-corrected chi connectivity index (χ4v) is 4.74. The van der Waals surface area contributed by atoms with E-state index in [2.05, 4.69) is 4.62 Å². The van der Waals surface area contributed by atoms with Crippen LogP contribution in [0.2, 0.25) is 0 Å². The van der Waals surface area contributed by atoms with Crippen molar-refractivity contribution >= 4 is 87.4 Å². The largest absolute Gasteiger partial charge is 0.527 e. The Morgan fingerprint density at radius 1 is 0.870 bits per heavy atom. The van der Waals surface area contributed by atoms with Gasteiger partial charge in [-0.05, 0) is 12.8 Å². The van der Waals surface area contributed by atoms with Crippen LogP contribution in [-0.2, 0) is 9.19 Å². The second kappa shape index (κ2) is 11.1. The Bertz CT molecular complexity index is 344. The lowest BCUT2D eigenvalue weighted by molar-refractivity contribution is -0.0535. The van der Waals surface area contributed by atoms with Crippen molar-refractivity contribution in [3.8, 4) is 0 Å². The lowest BCUT2D eigenvalue weighted by Crippen LogP contribution is -2.52. The molecule has 1 aliphatic carbocycles. The first-order chi connectivity index (χ1) is 10.0. The van der Waals surface area contributed by atoms with E-state index >= 15 is 0 Å². The molecule has 0 amide bonds. The molecular formula is C10H18Cl6FNO3P2. The van der Waals surface area contributed by atoms with Crippen molar-refractivity contribution in [3.63, 3.8) is 0 Å². The fourth-order valence-electron chi connectivity index (χ4n) is 1.97. The van der Waals surface area contributed by atoms with Gasteiger partial charge in [0.1, 0.15) is 0 Å². The topological polar surface area (TPSA) is 49.8 Å². The molecule has 4 nitrogen and oxygen atoms in total. The molecule has 0 aromatic heterocycles. The van der Waals surface area contributed by atoms with Crippen LogP contribution in [0.15, 0.2) is 0 Å². The van der Waals surface area contributed by atoms with Crippen LogP contribution in [0.4, 0.5) is 4.20 Å². The van der Waals surface area contributed by atoms with Gasteiger partial charge in [-0.15, -0.1) is 73.8 Å². The van der Waals surface area contributed by atoms with E-state index in [9.17, 15) is 8.76 Å². The first kappa shape index (κ1) is 25.2. The molecule has 1 aliphatic heterocycles. The fraction of sp³-hybridized carbons (Fsp3) is 1.00. The third kappa shape index (κ3) is 8.18. The summed E-state index contributed by atoms with van der Waals surface area (Å²) in [6, 6.07) is 0. The molecule has 140 valence electrons. The summed E-state index contributed by atoms with van der Waals surface area (Å²) in [6.07, 6.45) is 1.78. The Kier molecular flexibility index (Phi) is 12.2. The maximum atomic E-state index is 11.9. The van der Waals surface area contributed by atoms with Crippen LogP contribution in [0.3, 0.4) is 0 Å². The predicted octanol–water partition coefficient (Wildman–Crippen LogP) is 4.79. The molecule has 13 heteroatoms. The molecule has 2 atom stereocenters. The molecule has 0 aromatic rings. The maximum Gasteiger partial charge on any atom is 0.527 e. The second-order valence-electron chi connectivity index (χ2n) is 4.84. The number of hydrogen-bond acceptors (Lipinski definition) is 3. The Balaban J connectivity index is 0.000000409. The van der Waals surface area contributed by atoms with Crippen LogP contribution in [0.1, 0.15) is 12.8 Å². The molecule has 1 heterocycles. The molecule has 2 rings (SSSR count). The monoisotopic (exact) mass is 491 g/mol. The van der Waals surface area contributed by atoms with E-state index in [4.69, 9.17) is 74.5 Å². The average molecular weight is 494 g/mol. The van der Waals surface area contributed by atoms with Gasteiger partial charge in [0.2, 0.25) is 0 Å². The van der Waals surface area contributed by atoms with Gasteiger partial charge in [0.25, 0.3) is 0 Å². The molecule has 0 spiro atoms. The third-order valence-corrected chi connectivity index (χ3v) is 7.57. The molecule has 2 unspecified atom stereocenters. The van der Waals surface area contributed by atoms with Gasteiger partial charge in [-0.1, -0.05) is 0 Å². The van der Waals surface area contributed by atoms with Gasteiger partial charge >= 0.3 is 7.91 Å². The maximum absolute atomic E-state index is 11.9. The molecule has 0 radical (unpaired) electrons. The van der Waals surface area contributed by atoms with E-state index in [0.717, 1.165) is 12.8 Å². The zero-order chi connectivity index (χ0) is 17.1. The van der Waals surface area contributed by atoms with Crippen molar-refractivity contribution in [2.24, 2.45) is 0 Å². The van der Waals surface area contributed by atoms with E-state index in [1.165, 1.54) is 5.06 Å².